The van der Waals surface area contributed by atoms with Gasteiger partial charge in [0.1, 0.15) is 5.82 Å². The van der Waals surface area contributed by atoms with Crippen LogP contribution in [0.2, 0.25) is 0 Å². The van der Waals surface area contributed by atoms with Gasteiger partial charge < -0.3 is 16.0 Å². The molecule has 1 rings (SSSR count). The summed E-state index contributed by atoms with van der Waals surface area (Å²) < 4.78 is 13.5. The number of aryl methyl sites for hydroxylation is 1. The molecule has 0 unspecified atom stereocenters. The van der Waals surface area contributed by atoms with Gasteiger partial charge in [-0.3, -0.25) is 9.79 Å². The summed E-state index contributed by atoms with van der Waals surface area (Å²) in [6, 6.07) is 5.08. The van der Waals surface area contributed by atoms with Gasteiger partial charge in [0.2, 0.25) is 5.91 Å². The van der Waals surface area contributed by atoms with Crippen molar-refractivity contribution in [2.75, 3.05) is 13.6 Å². The molecule has 0 atom stereocenters. The van der Waals surface area contributed by atoms with Crippen LogP contribution >= 0.6 is 24.0 Å². The molecule has 0 saturated carbocycles. The van der Waals surface area contributed by atoms with Gasteiger partial charge >= 0.3 is 0 Å². The van der Waals surface area contributed by atoms with Crippen molar-refractivity contribution in [2.24, 2.45) is 4.99 Å². The molecule has 0 spiro atoms. The molecule has 0 aliphatic rings. The molecule has 0 aliphatic heterocycles. The van der Waals surface area contributed by atoms with Crippen LogP contribution in [0, 0.1) is 12.7 Å². The molecule has 0 aromatic heterocycles. The first kappa shape index (κ1) is 21.6. The summed E-state index contributed by atoms with van der Waals surface area (Å²) in [5, 5.41) is 8.82. The second-order valence-corrected chi connectivity index (χ2v) is 6.16. The molecular weight excluding hydrogens is 410 g/mol. The van der Waals surface area contributed by atoms with Crippen molar-refractivity contribution in [1.29, 1.82) is 0 Å². The minimum atomic E-state index is -0.269. The fraction of sp³-hybridized carbons (Fsp3) is 0.500. The highest BCUT2D eigenvalue weighted by atomic mass is 127. The van der Waals surface area contributed by atoms with Gasteiger partial charge in [0.15, 0.2) is 5.96 Å². The molecule has 1 aromatic rings. The molecule has 0 fully saturated rings. The Morgan fingerprint density at radius 1 is 1.26 bits per heavy atom. The normalized spacial score (nSPS) is 11.5. The molecular formula is C16H26FIN4O. The average molecular weight is 436 g/mol. The Bertz CT molecular complexity index is 556. The molecule has 130 valence electrons. The summed E-state index contributed by atoms with van der Waals surface area (Å²) in [5.41, 5.74) is 1.16. The van der Waals surface area contributed by atoms with Gasteiger partial charge in [-0.05, 0) is 44.9 Å². The van der Waals surface area contributed by atoms with Gasteiger partial charge in [-0.25, -0.2) is 4.39 Å². The lowest BCUT2D eigenvalue weighted by Gasteiger charge is -2.21. The van der Waals surface area contributed by atoms with Crippen LogP contribution in [0.15, 0.2) is 23.2 Å². The number of amides is 1. The van der Waals surface area contributed by atoms with E-state index in [9.17, 15) is 9.18 Å². The van der Waals surface area contributed by atoms with Crippen LogP contribution in [0.3, 0.4) is 0 Å². The molecule has 0 bridgehead atoms. The van der Waals surface area contributed by atoms with Crippen molar-refractivity contribution in [2.45, 2.75) is 39.8 Å². The number of carbonyl (C=O) groups excluding carboxylic acids is 1. The van der Waals surface area contributed by atoms with E-state index in [-0.39, 0.29) is 47.8 Å². The highest BCUT2D eigenvalue weighted by Gasteiger charge is 2.13. The molecule has 7 heteroatoms. The lowest BCUT2D eigenvalue weighted by molar-refractivity contribution is -0.121. The number of rotatable bonds is 4. The second-order valence-electron chi connectivity index (χ2n) is 6.16. The number of aliphatic imine (C=N–C) groups is 1. The molecule has 3 N–H and O–H groups in total. The molecule has 23 heavy (non-hydrogen) atoms. The van der Waals surface area contributed by atoms with Crippen LogP contribution in [0.25, 0.3) is 0 Å². The van der Waals surface area contributed by atoms with Crippen LogP contribution in [-0.2, 0) is 11.3 Å². The summed E-state index contributed by atoms with van der Waals surface area (Å²) in [4.78, 5) is 15.8. The van der Waals surface area contributed by atoms with E-state index in [0.717, 1.165) is 5.56 Å². The average Bonchev–Trinajstić information content (AvgIpc) is 2.41. The van der Waals surface area contributed by atoms with Gasteiger partial charge in [0.05, 0.1) is 6.54 Å². The summed E-state index contributed by atoms with van der Waals surface area (Å²) in [5.74, 6) is 0.147. The summed E-state index contributed by atoms with van der Waals surface area (Å²) in [6.45, 7) is 8.04. The monoisotopic (exact) mass is 436 g/mol. The van der Waals surface area contributed by atoms with Crippen LogP contribution < -0.4 is 16.0 Å². The third-order valence-corrected chi connectivity index (χ3v) is 2.85. The van der Waals surface area contributed by atoms with Crippen molar-refractivity contribution in [1.82, 2.24) is 16.0 Å². The number of hydrogen-bond acceptors (Lipinski definition) is 2. The topological polar surface area (TPSA) is 65.5 Å². The van der Waals surface area contributed by atoms with Crippen molar-refractivity contribution in [3.05, 3.63) is 35.1 Å². The zero-order valence-corrected chi connectivity index (χ0v) is 16.6. The zero-order valence-electron chi connectivity index (χ0n) is 14.3. The van der Waals surface area contributed by atoms with Gasteiger partial charge in [-0.2, -0.15) is 0 Å². The maximum absolute atomic E-state index is 13.5. The van der Waals surface area contributed by atoms with E-state index in [2.05, 4.69) is 20.9 Å². The Kier molecular flexibility index (Phi) is 9.11. The Morgan fingerprint density at radius 3 is 2.43 bits per heavy atom. The maximum Gasteiger partial charge on any atom is 0.239 e. The molecule has 1 amide bonds. The highest BCUT2D eigenvalue weighted by molar-refractivity contribution is 14.0. The Morgan fingerprint density at radius 2 is 1.91 bits per heavy atom. The van der Waals surface area contributed by atoms with E-state index in [1.54, 1.807) is 20.0 Å². The summed E-state index contributed by atoms with van der Waals surface area (Å²) in [6.07, 6.45) is 0. The van der Waals surface area contributed by atoms with E-state index in [0.29, 0.717) is 18.1 Å². The predicted molar refractivity (Wildman–Crippen MR) is 103 cm³/mol. The fourth-order valence-corrected chi connectivity index (χ4v) is 1.78. The van der Waals surface area contributed by atoms with Crippen molar-refractivity contribution in [3.63, 3.8) is 0 Å². The number of hydrogen-bond donors (Lipinski definition) is 3. The fourth-order valence-electron chi connectivity index (χ4n) is 1.78. The zero-order chi connectivity index (χ0) is 16.8. The predicted octanol–water partition coefficient (Wildman–Crippen LogP) is 2.33. The van der Waals surface area contributed by atoms with Crippen LogP contribution in [0.5, 0.6) is 0 Å². The second kappa shape index (κ2) is 9.69. The van der Waals surface area contributed by atoms with Gasteiger partial charge in [-0.1, -0.05) is 12.1 Å². The number of halogens is 2. The van der Waals surface area contributed by atoms with Crippen molar-refractivity contribution < 1.29 is 9.18 Å². The summed E-state index contributed by atoms with van der Waals surface area (Å²) in [7, 11) is 1.62. The van der Waals surface area contributed by atoms with E-state index >= 15 is 0 Å². The van der Waals surface area contributed by atoms with Crippen molar-refractivity contribution in [3.8, 4) is 0 Å². The highest BCUT2D eigenvalue weighted by Crippen LogP contribution is 2.08. The van der Waals surface area contributed by atoms with Crippen LogP contribution in [-0.4, -0.2) is 31.0 Å². The SMILES string of the molecule is CN=C(NCC(=O)NC(C)(C)C)NCc1ccc(C)c(F)c1.I. The quantitative estimate of drug-likeness (QED) is 0.386. The largest absolute Gasteiger partial charge is 0.352 e. The number of nitrogens with one attached hydrogen (secondary N) is 3. The third kappa shape index (κ3) is 8.73. The standard InChI is InChI=1S/C16H25FN4O.HI/c1-11-6-7-12(8-13(11)17)9-19-15(18-5)20-10-14(22)21-16(2,3)4;/h6-8H,9-10H2,1-5H3,(H,21,22)(H2,18,19,20);1H. The lowest BCUT2D eigenvalue weighted by Crippen LogP contribution is -2.48. The van der Waals surface area contributed by atoms with E-state index in [4.69, 9.17) is 0 Å². The van der Waals surface area contributed by atoms with Gasteiger partial charge in [0.25, 0.3) is 0 Å². The molecule has 0 aliphatic carbocycles. The van der Waals surface area contributed by atoms with E-state index in [1.165, 1.54) is 6.07 Å². The smallest absolute Gasteiger partial charge is 0.239 e. The molecule has 0 radical (unpaired) electrons. The number of nitrogens with zero attached hydrogens (tertiary/aromatic N) is 1. The third-order valence-electron chi connectivity index (χ3n) is 2.85. The number of guanidine groups is 1. The Labute approximate surface area is 154 Å². The summed E-state index contributed by atoms with van der Waals surface area (Å²) >= 11 is 0. The Hall–Kier alpha value is -1.38. The number of benzene rings is 1. The minimum Gasteiger partial charge on any atom is -0.352 e. The first-order chi connectivity index (χ1) is 10.2. The Balaban J connectivity index is 0.00000484. The van der Waals surface area contributed by atoms with Crippen LogP contribution in [0.4, 0.5) is 4.39 Å². The van der Waals surface area contributed by atoms with E-state index in [1.807, 2.05) is 26.8 Å². The molecule has 1 aromatic carbocycles. The molecule has 0 heterocycles. The van der Waals surface area contributed by atoms with Crippen molar-refractivity contribution >= 4 is 35.8 Å². The van der Waals surface area contributed by atoms with Gasteiger partial charge in [0, 0.05) is 19.1 Å². The number of carbonyl (C=O) groups is 1. The van der Waals surface area contributed by atoms with E-state index < -0.39 is 0 Å². The molecule has 0 saturated heterocycles. The molecule has 5 nitrogen and oxygen atoms in total. The van der Waals surface area contributed by atoms with Crippen LogP contribution in [0.1, 0.15) is 31.9 Å². The van der Waals surface area contributed by atoms with Gasteiger partial charge in [-0.15, -0.1) is 24.0 Å². The first-order valence-corrected chi connectivity index (χ1v) is 7.22. The maximum atomic E-state index is 13.5. The first-order valence-electron chi connectivity index (χ1n) is 7.22. The minimum absolute atomic E-state index is 0. The lowest BCUT2D eigenvalue weighted by atomic mass is 10.1.